The Hall–Kier alpha value is -0.505. The quantitative estimate of drug-likeness (QED) is 0.738. The number of ether oxygens (including phenoxy) is 1. The van der Waals surface area contributed by atoms with E-state index in [1.165, 1.54) is 12.8 Å². The predicted molar refractivity (Wildman–Crippen MR) is 81.7 cm³/mol. The van der Waals surface area contributed by atoms with Crippen molar-refractivity contribution in [3.05, 3.63) is 0 Å². The third-order valence-corrected chi connectivity index (χ3v) is 5.26. The lowest BCUT2D eigenvalue weighted by Gasteiger charge is -2.33. The molecule has 1 saturated carbocycles. The Morgan fingerprint density at radius 1 is 1.35 bits per heavy atom. The summed E-state index contributed by atoms with van der Waals surface area (Å²) in [6.45, 7) is 10.7. The second-order valence-corrected chi connectivity index (χ2v) is 7.34. The van der Waals surface area contributed by atoms with Gasteiger partial charge in [-0.15, -0.1) is 0 Å². The summed E-state index contributed by atoms with van der Waals surface area (Å²) in [4.78, 5) is 13.5. The normalized spacial score (nSPS) is 40.2. The fourth-order valence-corrected chi connectivity index (χ4v) is 4.45. The van der Waals surface area contributed by atoms with E-state index in [0.717, 1.165) is 24.7 Å². The third-order valence-electron chi connectivity index (χ3n) is 5.26. The minimum absolute atomic E-state index is 0.116. The first-order valence-corrected chi connectivity index (χ1v) is 8.02. The number of carbonyl (C=O) groups excluding carboxylic acids is 1. The molecule has 0 aromatic rings. The highest BCUT2D eigenvalue weighted by Crippen LogP contribution is 2.43. The number of hydrogen-bond acceptors (Lipinski definition) is 2. The molecule has 0 N–H and O–H groups in total. The smallest absolute Gasteiger partial charge is 0.200 e. The van der Waals surface area contributed by atoms with Crippen molar-refractivity contribution in [3.8, 4) is 0 Å². The summed E-state index contributed by atoms with van der Waals surface area (Å²) in [5.41, 5.74) is -0.579. The van der Waals surface area contributed by atoms with Gasteiger partial charge in [-0.2, -0.15) is 0 Å². The van der Waals surface area contributed by atoms with Crippen molar-refractivity contribution in [2.24, 2.45) is 17.8 Å². The summed E-state index contributed by atoms with van der Waals surface area (Å²) < 4.78 is 6.20. The monoisotopic (exact) mass is 277 g/mol. The largest absolute Gasteiger partial charge is 0.351 e. The molecule has 1 saturated heterocycles. The van der Waals surface area contributed by atoms with Crippen LogP contribution in [0, 0.1) is 17.8 Å². The maximum atomic E-state index is 11.8. The average molecular weight is 277 g/mol. The predicted octanol–water partition coefficient (Wildman–Crippen LogP) is 3.56. The molecule has 5 atom stereocenters. The van der Waals surface area contributed by atoms with E-state index in [1.807, 2.05) is 13.8 Å². The van der Waals surface area contributed by atoms with Crippen molar-refractivity contribution < 1.29 is 9.53 Å². The first-order chi connectivity index (χ1) is 9.26. The van der Waals surface area contributed by atoms with Gasteiger partial charge in [-0.1, -0.05) is 20.8 Å². The van der Waals surface area contributed by atoms with E-state index in [-0.39, 0.29) is 18.0 Å². The Kier molecular flexibility index (Phi) is 4.53. The number of carbonyl (C=O) groups is 1. The van der Waals surface area contributed by atoms with E-state index in [0.29, 0.717) is 5.92 Å². The van der Waals surface area contributed by atoms with Gasteiger partial charge in [0.15, 0.2) is 5.81 Å². The van der Waals surface area contributed by atoms with Crippen LogP contribution in [0.2, 0.25) is 0 Å². The maximum Gasteiger partial charge on any atom is 0.200 e. The van der Waals surface area contributed by atoms with Crippen molar-refractivity contribution in [2.75, 3.05) is 0 Å². The van der Waals surface area contributed by atoms with Crippen LogP contribution in [-0.4, -0.2) is 36.4 Å². The average Bonchev–Trinajstić information content (AvgIpc) is 2.75. The van der Waals surface area contributed by atoms with Crippen LogP contribution >= 0.6 is 0 Å². The summed E-state index contributed by atoms with van der Waals surface area (Å²) in [6.07, 6.45) is 4.68. The fourth-order valence-electron chi connectivity index (χ4n) is 4.45. The highest BCUT2D eigenvalue weighted by atomic mass is 16.5. The molecule has 1 aliphatic heterocycles. The first kappa shape index (κ1) is 15.9. The third kappa shape index (κ3) is 2.90. The minimum Gasteiger partial charge on any atom is -0.351 e. The molecule has 2 aliphatic rings. The molecule has 4 heteroatoms. The molecule has 2 fully saturated rings. The zero-order valence-corrected chi connectivity index (χ0v) is 13.6. The second kappa shape index (κ2) is 5.71. The van der Waals surface area contributed by atoms with Gasteiger partial charge in [0.2, 0.25) is 7.85 Å². The van der Waals surface area contributed by atoms with Crippen molar-refractivity contribution in [2.45, 2.75) is 78.2 Å². The number of rotatable bonds is 3. The Balaban J connectivity index is 2.10. The van der Waals surface area contributed by atoms with E-state index in [2.05, 4.69) is 20.8 Å². The van der Waals surface area contributed by atoms with Gasteiger partial charge < -0.3 is 9.64 Å². The molecule has 0 spiro atoms. The molecular weight excluding hydrogens is 249 g/mol. The van der Waals surface area contributed by atoms with Crippen LogP contribution in [0.3, 0.4) is 0 Å². The summed E-state index contributed by atoms with van der Waals surface area (Å²) in [7, 11) is 5.57. The molecule has 2 radical (unpaired) electrons. The van der Waals surface area contributed by atoms with E-state index >= 15 is 0 Å². The van der Waals surface area contributed by atoms with E-state index < -0.39 is 5.72 Å². The van der Waals surface area contributed by atoms with Crippen molar-refractivity contribution in [3.63, 3.8) is 0 Å². The van der Waals surface area contributed by atoms with Gasteiger partial charge >= 0.3 is 0 Å². The Bertz CT molecular complexity index is 371. The molecule has 0 aromatic carbocycles. The van der Waals surface area contributed by atoms with E-state index in [9.17, 15) is 4.79 Å². The molecule has 1 aliphatic carbocycles. The van der Waals surface area contributed by atoms with E-state index in [1.54, 1.807) is 4.90 Å². The van der Waals surface area contributed by atoms with Crippen LogP contribution < -0.4 is 0 Å². The van der Waals surface area contributed by atoms with E-state index in [4.69, 9.17) is 12.6 Å². The number of nitrogens with zero attached hydrogens (tertiary/aromatic N) is 1. The molecule has 2 rings (SSSR count). The summed E-state index contributed by atoms with van der Waals surface area (Å²) in [6, 6.07) is 0.116. The SMILES string of the molecule is [B]C(=O)N1C(CC)C(CC2CC(C)CC2C)OC1(C)C. The maximum absolute atomic E-state index is 11.8. The topological polar surface area (TPSA) is 29.5 Å². The molecular formula is C16H28BNO2. The number of hydrogen-bond donors (Lipinski definition) is 0. The lowest BCUT2D eigenvalue weighted by molar-refractivity contribution is -0.0639. The van der Waals surface area contributed by atoms with Gasteiger partial charge in [0, 0.05) is 0 Å². The zero-order valence-electron chi connectivity index (χ0n) is 13.6. The highest BCUT2D eigenvalue weighted by Gasteiger charge is 2.48. The molecule has 0 bridgehead atoms. The molecule has 1 heterocycles. The van der Waals surface area contributed by atoms with Crippen LogP contribution in [0.15, 0.2) is 0 Å². The van der Waals surface area contributed by atoms with Crippen molar-refractivity contribution in [1.29, 1.82) is 0 Å². The second-order valence-electron chi connectivity index (χ2n) is 7.34. The Labute approximate surface area is 124 Å². The van der Waals surface area contributed by atoms with Gasteiger partial charge in [0.1, 0.15) is 5.72 Å². The van der Waals surface area contributed by atoms with Crippen LogP contribution in [0.4, 0.5) is 4.79 Å². The Morgan fingerprint density at radius 2 is 2.00 bits per heavy atom. The van der Waals surface area contributed by atoms with Gasteiger partial charge in [-0.25, -0.2) is 0 Å². The van der Waals surface area contributed by atoms with Gasteiger partial charge in [-0.05, 0) is 57.3 Å². The summed E-state index contributed by atoms with van der Waals surface area (Å²) in [5.74, 6) is 1.93. The van der Waals surface area contributed by atoms with Crippen molar-refractivity contribution in [1.82, 2.24) is 4.90 Å². The summed E-state index contributed by atoms with van der Waals surface area (Å²) in [5, 5.41) is 0. The van der Waals surface area contributed by atoms with Gasteiger partial charge in [0.25, 0.3) is 0 Å². The molecule has 0 aromatic heterocycles. The number of amides is 1. The molecule has 112 valence electrons. The Morgan fingerprint density at radius 3 is 2.45 bits per heavy atom. The van der Waals surface area contributed by atoms with Crippen LogP contribution in [0.1, 0.15) is 60.3 Å². The molecule has 20 heavy (non-hydrogen) atoms. The summed E-state index contributed by atoms with van der Waals surface area (Å²) >= 11 is 0. The van der Waals surface area contributed by atoms with Crippen LogP contribution in [-0.2, 0) is 4.74 Å². The zero-order chi connectivity index (χ0) is 15.1. The molecule has 3 nitrogen and oxygen atoms in total. The molecule has 1 amide bonds. The lowest BCUT2D eigenvalue weighted by Crippen LogP contribution is -2.47. The van der Waals surface area contributed by atoms with Crippen LogP contribution in [0.25, 0.3) is 0 Å². The van der Waals surface area contributed by atoms with Crippen molar-refractivity contribution >= 4 is 13.7 Å². The molecule has 5 unspecified atom stereocenters. The fraction of sp³-hybridized carbons (Fsp3) is 0.938. The van der Waals surface area contributed by atoms with Crippen LogP contribution in [0.5, 0.6) is 0 Å². The highest BCUT2D eigenvalue weighted by molar-refractivity contribution is 6.57. The first-order valence-electron chi connectivity index (χ1n) is 8.02. The standard InChI is InChI=1S/C16H28BNO2/c1-6-13-14(9-12-8-10(2)7-11(12)3)20-16(4,5)18(13)15(17)19/h10-14H,6-9H2,1-5H3. The minimum atomic E-state index is -0.579. The van der Waals surface area contributed by atoms with Gasteiger partial charge in [-0.3, -0.25) is 4.79 Å². The van der Waals surface area contributed by atoms with Gasteiger partial charge in [0.05, 0.1) is 12.1 Å². The lowest BCUT2D eigenvalue weighted by atomic mass is 9.88.